The molecule has 1 aliphatic rings. The third-order valence-electron chi connectivity index (χ3n) is 4.65. The molecule has 0 radical (unpaired) electrons. The SMILES string of the molecule is O=C(O)C(F)(F)F.c1ccc2c(-c3ccc(CN4CCCNCC4)nn3)c[nH]c2c1. The first-order valence-electron chi connectivity index (χ1n) is 9.47. The van der Waals surface area contributed by atoms with Crippen LogP contribution in [0.2, 0.25) is 0 Å². The Morgan fingerprint density at radius 1 is 1.10 bits per heavy atom. The minimum Gasteiger partial charge on any atom is -0.475 e. The van der Waals surface area contributed by atoms with Crippen LogP contribution in [0.1, 0.15) is 12.1 Å². The van der Waals surface area contributed by atoms with Crippen LogP contribution in [0, 0.1) is 0 Å². The summed E-state index contributed by atoms with van der Waals surface area (Å²) >= 11 is 0. The highest BCUT2D eigenvalue weighted by Crippen LogP contribution is 2.26. The fourth-order valence-corrected chi connectivity index (χ4v) is 3.16. The molecule has 1 fully saturated rings. The van der Waals surface area contributed by atoms with E-state index >= 15 is 0 Å². The number of rotatable bonds is 3. The summed E-state index contributed by atoms with van der Waals surface area (Å²) in [6, 6.07) is 12.5. The van der Waals surface area contributed by atoms with Crippen molar-refractivity contribution in [1.82, 2.24) is 25.4 Å². The highest BCUT2D eigenvalue weighted by atomic mass is 19.4. The van der Waals surface area contributed by atoms with Crippen molar-refractivity contribution in [2.45, 2.75) is 19.1 Å². The molecule has 0 amide bonds. The van der Waals surface area contributed by atoms with Gasteiger partial charge in [0.15, 0.2) is 0 Å². The van der Waals surface area contributed by atoms with Gasteiger partial charge < -0.3 is 15.4 Å². The molecule has 2 aromatic heterocycles. The third-order valence-corrected chi connectivity index (χ3v) is 4.65. The standard InChI is InChI=1S/C18H21N5.C2HF3O2/c1-2-5-17-15(4-1)16(12-20-17)18-7-6-14(21-22-18)13-23-10-3-8-19-9-11-23;3-2(4,5)1(6)7/h1-2,4-7,12,19-20H,3,8-11,13H2;(H,6,7). The lowest BCUT2D eigenvalue weighted by molar-refractivity contribution is -0.192. The average Bonchev–Trinajstić information content (AvgIpc) is 2.98. The number of carbonyl (C=O) groups is 1. The molecule has 0 aliphatic carbocycles. The van der Waals surface area contributed by atoms with Crippen molar-refractivity contribution in [2.75, 3.05) is 26.2 Å². The molecule has 1 aliphatic heterocycles. The maximum atomic E-state index is 10.6. The van der Waals surface area contributed by atoms with Crippen molar-refractivity contribution in [3.63, 3.8) is 0 Å². The Kier molecular flexibility index (Phi) is 7.01. The molecular weight excluding hydrogens is 399 g/mol. The second kappa shape index (κ2) is 9.68. The molecule has 10 heteroatoms. The molecule has 3 heterocycles. The van der Waals surface area contributed by atoms with E-state index in [1.165, 1.54) is 11.8 Å². The highest BCUT2D eigenvalue weighted by Gasteiger charge is 2.38. The molecule has 0 atom stereocenters. The monoisotopic (exact) mass is 421 g/mol. The number of hydrogen-bond acceptors (Lipinski definition) is 5. The minimum atomic E-state index is -5.08. The number of H-pyrrole nitrogens is 1. The number of alkyl halides is 3. The van der Waals surface area contributed by atoms with Gasteiger partial charge in [-0.15, -0.1) is 0 Å². The molecule has 3 aromatic rings. The predicted octanol–water partition coefficient (Wildman–Crippen LogP) is 3.05. The van der Waals surface area contributed by atoms with Crippen LogP contribution in [0.3, 0.4) is 0 Å². The quantitative estimate of drug-likeness (QED) is 0.602. The van der Waals surface area contributed by atoms with Crippen molar-refractivity contribution in [2.24, 2.45) is 0 Å². The van der Waals surface area contributed by atoms with E-state index in [-0.39, 0.29) is 0 Å². The van der Waals surface area contributed by atoms with Crippen LogP contribution in [0.4, 0.5) is 13.2 Å². The lowest BCUT2D eigenvalue weighted by Crippen LogP contribution is -2.28. The summed E-state index contributed by atoms with van der Waals surface area (Å²) in [5.41, 5.74) is 4.20. The number of nitrogens with one attached hydrogen (secondary N) is 2. The second-order valence-electron chi connectivity index (χ2n) is 6.84. The Labute approximate surface area is 170 Å². The Bertz CT molecular complexity index is 964. The van der Waals surface area contributed by atoms with E-state index in [4.69, 9.17) is 9.90 Å². The number of benzene rings is 1. The van der Waals surface area contributed by atoms with Crippen LogP contribution in [0.25, 0.3) is 22.2 Å². The zero-order chi connectivity index (χ0) is 21.6. The molecule has 0 unspecified atom stereocenters. The maximum Gasteiger partial charge on any atom is 0.490 e. The van der Waals surface area contributed by atoms with Gasteiger partial charge in [-0.25, -0.2) is 4.79 Å². The van der Waals surface area contributed by atoms with Crippen molar-refractivity contribution in [3.8, 4) is 11.3 Å². The first-order valence-corrected chi connectivity index (χ1v) is 9.47. The number of nitrogens with zero attached hydrogens (tertiary/aromatic N) is 3. The minimum absolute atomic E-state index is 0.878. The summed E-state index contributed by atoms with van der Waals surface area (Å²) in [6.45, 7) is 5.25. The van der Waals surface area contributed by atoms with E-state index < -0.39 is 12.1 Å². The van der Waals surface area contributed by atoms with E-state index in [2.05, 4.69) is 55.7 Å². The van der Waals surface area contributed by atoms with Gasteiger partial charge in [0.05, 0.1) is 11.4 Å². The molecule has 1 aromatic carbocycles. The van der Waals surface area contributed by atoms with Crippen molar-refractivity contribution >= 4 is 16.9 Å². The van der Waals surface area contributed by atoms with Crippen LogP contribution in [-0.2, 0) is 11.3 Å². The first-order chi connectivity index (χ1) is 14.3. The molecule has 1 saturated heterocycles. The van der Waals surface area contributed by atoms with Crippen LogP contribution >= 0.6 is 0 Å². The Morgan fingerprint density at radius 2 is 1.87 bits per heavy atom. The molecule has 4 rings (SSSR count). The number of aromatic amines is 1. The van der Waals surface area contributed by atoms with E-state index in [9.17, 15) is 13.2 Å². The van der Waals surface area contributed by atoms with Crippen molar-refractivity contribution < 1.29 is 23.1 Å². The molecule has 160 valence electrons. The van der Waals surface area contributed by atoms with Crippen LogP contribution in [0.5, 0.6) is 0 Å². The van der Waals surface area contributed by atoms with E-state index in [0.29, 0.717) is 0 Å². The van der Waals surface area contributed by atoms with Crippen LogP contribution < -0.4 is 5.32 Å². The smallest absolute Gasteiger partial charge is 0.475 e. The van der Waals surface area contributed by atoms with Gasteiger partial charge in [0, 0.05) is 42.3 Å². The number of hydrogen-bond donors (Lipinski definition) is 3. The van der Waals surface area contributed by atoms with Gasteiger partial charge in [-0.2, -0.15) is 23.4 Å². The van der Waals surface area contributed by atoms with Crippen molar-refractivity contribution in [3.05, 3.63) is 48.3 Å². The average molecular weight is 421 g/mol. The number of aliphatic carboxylic acids is 1. The lowest BCUT2D eigenvalue weighted by atomic mass is 10.1. The Morgan fingerprint density at radius 3 is 2.57 bits per heavy atom. The number of fused-ring (bicyclic) bond motifs is 1. The summed E-state index contributed by atoms with van der Waals surface area (Å²) in [5.74, 6) is -2.76. The normalized spacial score (nSPS) is 15.3. The van der Waals surface area contributed by atoms with E-state index in [1.807, 2.05) is 12.3 Å². The fraction of sp³-hybridized carbons (Fsp3) is 0.350. The molecule has 0 spiro atoms. The molecule has 0 saturated carbocycles. The summed E-state index contributed by atoms with van der Waals surface area (Å²) < 4.78 is 31.7. The zero-order valence-corrected chi connectivity index (χ0v) is 16.1. The van der Waals surface area contributed by atoms with E-state index in [0.717, 1.165) is 55.2 Å². The second-order valence-corrected chi connectivity index (χ2v) is 6.84. The van der Waals surface area contributed by atoms with Gasteiger partial charge in [0.25, 0.3) is 0 Å². The number of carboxylic acids is 1. The molecule has 30 heavy (non-hydrogen) atoms. The highest BCUT2D eigenvalue weighted by molar-refractivity contribution is 5.94. The zero-order valence-electron chi connectivity index (χ0n) is 16.1. The van der Waals surface area contributed by atoms with E-state index in [1.54, 1.807) is 0 Å². The van der Waals surface area contributed by atoms with Gasteiger partial charge in [-0.1, -0.05) is 18.2 Å². The number of aromatic nitrogens is 3. The summed E-state index contributed by atoms with van der Waals surface area (Å²) in [4.78, 5) is 14.6. The third kappa shape index (κ3) is 5.77. The van der Waals surface area contributed by atoms with Crippen LogP contribution in [-0.4, -0.2) is 63.5 Å². The van der Waals surface area contributed by atoms with Gasteiger partial charge >= 0.3 is 12.1 Å². The fourth-order valence-electron chi connectivity index (χ4n) is 3.16. The summed E-state index contributed by atoms with van der Waals surface area (Å²) in [7, 11) is 0. The number of para-hydroxylation sites is 1. The Balaban J connectivity index is 0.000000318. The van der Waals surface area contributed by atoms with Gasteiger partial charge in [0.2, 0.25) is 0 Å². The number of carboxylic acid groups (broad SMARTS) is 1. The topological polar surface area (TPSA) is 94.1 Å². The number of halogens is 3. The largest absolute Gasteiger partial charge is 0.490 e. The molecular formula is C20H22F3N5O2. The molecule has 0 bridgehead atoms. The van der Waals surface area contributed by atoms with Gasteiger partial charge in [0.1, 0.15) is 0 Å². The lowest BCUT2D eigenvalue weighted by Gasteiger charge is -2.18. The predicted molar refractivity (Wildman–Crippen MR) is 106 cm³/mol. The van der Waals surface area contributed by atoms with Gasteiger partial charge in [-0.3, -0.25) is 4.90 Å². The van der Waals surface area contributed by atoms with Crippen LogP contribution in [0.15, 0.2) is 42.6 Å². The molecule has 3 N–H and O–H groups in total. The van der Waals surface area contributed by atoms with Gasteiger partial charge in [-0.05, 0) is 37.7 Å². The maximum absolute atomic E-state index is 10.6. The summed E-state index contributed by atoms with van der Waals surface area (Å²) in [5, 5.41) is 20.6. The summed E-state index contributed by atoms with van der Waals surface area (Å²) in [6.07, 6.45) is -1.88. The Hall–Kier alpha value is -2.98. The first kappa shape index (κ1) is 21.7. The molecule has 7 nitrogen and oxygen atoms in total. The van der Waals surface area contributed by atoms with Crippen molar-refractivity contribution in [1.29, 1.82) is 0 Å².